The number of esters is 1. The van der Waals surface area contributed by atoms with Crippen LogP contribution in [0.5, 0.6) is 0 Å². The topological polar surface area (TPSA) is 39.2 Å². The lowest BCUT2D eigenvalue weighted by Crippen LogP contribution is -2.11. The van der Waals surface area contributed by atoms with Gasteiger partial charge in [0.1, 0.15) is 0 Å². The molecular weight excluding hydrogens is 259 g/mol. The van der Waals surface area contributed by atoms with Crippen LogP contribution in [-0.2, 0) is 16.0 Å². The number of carbonyl (C=O) groups excluding carboxylic acids is 1. The van der Waals surface area contributed by atoms with E-state index in [4.69, 9.17) is 11.6 Å². The van der Waals surface area contributed by atoms with Gasteiger partial charge in [0.25, 0.3) is 6.43 Å². The molecule has 0 aliphatic carbocycles. The Bertz CT molecular complexity index is 426. The average molecular weight is 268 g/mol. The van der Waals surface area contributed by atoms with E-state index in [1.807, 2.05) is 0 Å². The highest BCUT2D eigenvalue weighted by molar-refractivity contribution is 6.31. The van der Waals surface area contributed by atoms with E-state index < -0.39 is 35.3 Å². The molecule has 94 valence electrons. The van der Waals surface area contributed by atoms with Gasteiger partial charge in [0.2, 0.25) is 5.95 Å². The standard InChI is InChI=1S/C10H9ClF3NO2/c1-2-17-7(16)3-5-6(9(12)13)4-15-10(14)8(5)11/h4,9H,2-3H2,1H3. The molecule has 3 nitrogen and oxygen atoms in total. The third-order valence-corrected chi connectivity index (χ3v) is 2.36. The van der Waals surface area contributed by atoms with Crippen molar-refractivity contribution >= 4 is 17.6 Å². The second-order valence-corrected chi connectivity index (χ2v) is 3.46. The Morgan fingerprint density at radius 3 is 2.76 bits per heavy atom. The fourth-order valence-electron chi connectivity index (χ4n) is 1.24. The van der Waals surface area contributed by atoms with Crippen molar-refractivity contribution in [2.75, 3.05) is 6.61 Å². The van der Waals surface area contributed by atoms with Gasteiger partial charge in [-0.2, -0.15) is 4.39 Å². The minimum absolute atomic E-state index is 0.105. The summed E-state index contributed by atoms with van der Waals surface area (Å²) in [6, 6.07) is 0. The van der Waals surface area contributed by atoms with Crippen LogP contribution in [0.15, 0.2) is 6.20 Å². The molecule has 0 atom stereocenters. The highest BCUT2D eigenvalue weighted by Crippen LogP contribution is 2.29. The smallest absolute Gasteiger partial charge is 0.310 e. The number of nitrogens with zero attached hydrogens (tertiary/aromatic N) is 1. The number of ether oxygens (including phenoxy) is 1. The number of hydrogen-bond donors (Lipinski definition) is 0. The van der Waals surface area contributed by atoms with Crippen LogP contribution in [0.1, 0.15) is 24.5 Å². The molecule has 0 aromatic carbocycles. The first kappa shape index (κ1) is 13.8. The van der Waals surface area contributed by atoms with Crippen LogP contribution in [0.25, 0.3) is 0 Å². The Labute approximate surface area is 101 Å². The maximum Gasteiger partial charge on any atom is 0.310 e. The van der Waals surface area contributed by atoms with Crippen LogP contribution >= 0.6 is 11.6 Å². The van der Waals surface area contributed by atoms with Crippen molar-refractivity contribution in [3.63, 3.8) is 0 Å². The molecule has 0 radical (unpaired) electrons. The summed E-state index contributed by atoms with van der Waals surface area (Å²) in [6.45, 7) is 1.68. The highest BCUT2D eigenvalue weighted by Gasteiger charge is 2.21. The van der Waals surface area contributed by atoms with E-state index >= 15 is 0 Å². The molecule has 0 saturated carbocycles. The molecule has 1 aromatic rings. The van der Waals surface area contributed by atoms with Crippen molar-refractivity contribution in [1.29, 1.82) is 0 Å². The van der Waals surface area contributed by atoms with Gasteiger partial charge in [-0.1, -0.05) is 11.6 Å². The van der Waals surface area contributed by atoms with Gasteiger partial charge < -0.3 is 4.74 Å². The van der Waals surface area contributed by atoms with E-state index in [9.17, 15) is 18.0 Å². The van der Waals surface area contributed by atoms with E-state index in [0.717, 1.165) is 0 Å². The van der Waals surface area contributed by atoms with E-state index in [0.29, 0.717) is 6.20 Å². The molecule has 0 unspecified atom stereocenters. The Balaban J connectivity index is 3.10. The first-order chi connectivity index (χ1) is 7.97. The molecule has 0 bridgehead atoms. The van der Waals surface area contributed by atoms with Crippen molar-refractivity contribution in [3.05, 3.63) is 28.3 Å². The Kier molecular flexibility index (Phi) is 4.74. The molecule has 7 heteroatoms. The van der Waals surface area contributed by atoms with E-state index in [1.54, 1.807) is 6.92 Å². The Morgan fingerprint density at radius 1 is 1.59 bits per heavy atom. The second-order valence-electron chi connectivity index (χ2n) is 3.08. The van der Waals surface area contributed by atoms with E-state index in [2.05, 4.69) is 9.72 Å². The van der Waals surface area contributed by atoms with Gasteiger partial charge >= 0.3 is 5.97 Å². The van der Waals surface area contributed by atoms with Crippen molar-refractivity contribution in [2.45, 2.75) is 19.8 Å². The zero-order valence-electron chi connectivity index (χ0n) is 8.84. The van der Waals surface area contributed by atoms with E-state index in [-0.39, 0.29) is 12.2 Å². The predicted octanol–water partition coefficient (Wildman–Crippen LogP) is 2.92. The molecule has 1 aromatic heterocycles. The maximum absolute atomic E-state index is 13.0. The zero-order valence-corrected chi connectivity index (χ0v) is 9.60. The second kappa shape index (κ2) is 5.86. The molecule has 0 spiro atoms. The molecular formula is C10H9ClF3NO2. The summed E-state index contributed by atoms with van der Waals surface area (Å²) in [5.74, 6) is -1.84. The lowest BCUT2D eigenvalue weighted by atomic mass is 10.1. The molecule has 0 fully saturated rings. The summed E-state index contributed by atoms with van der Waals surface area (Å²) in [6.07, 6.45) is -2.73. The zero-order chi connectivity index (χ0) is 13.0. The van der Waals surface area contributed by atoms with Crippen LogP contribution in [0.4, 0.5) is 13.2 Å². The molecule has 0 N–H and O–H groups in total. The largest absolute Gasteiger partial charge is 0.466 e. The number of pyridine rings is 1. The third-order valence-electron chi connectivity index (χ3n) is 1.97. The van der Waals surface area contributed by atoms with Crippen molar-refractivity contribution in [1.82, 2.24) is 4.98 Å². The van der Waals surface area contributed by atoms with Gasteiger partial charge in [-0.15, -0.1) is 0 Å². The quantitative estimate of drug-likeness (QED) is 0.622. The minimum Gasteiger partial charge on any atom is -0.466 e. The minimum atomic E-state index is -2.88. The maximum atomic E-state index is 13.0. The first-order valence-electron chi connectivity index (χ1n) is 4.73. The van der Waals surface area contributed by atoms with Crippen molar-refractivity contribution in [2.24, 2.45) is 0 Å². The number of carbonyl (C=O) groups is 1. The number of alkyl halides is 2. The monoisotopic (exact) mass is 267 g/mol. The summed E-state index contributed by atoms with van der Waals surface area (Å²) in [5.41, 5.74) is -0.850. The predicted molar refractivity (Wildman–Crippen MR) is 54.5 cm³/mol. The summed E-state index contributed by atoms with van der Waals surface area (Å²) >= 11 is 5.51. The van der Waals surface area contributed by atoms with Crippen LogP contribution in [0, 0.1) is 5.95 Å². The van der Waals surface area contributed by atoms with Crippen molar-refractivity contribution in [3.8, 4) is 0 Å². The molecule has 1 heterocycles. The average Bonchev–Trinajstić information content (AvgIpc) is 2.25. The molecule has 0 aliphatic heterocycles. The van der Waals surface area contributed by atoms with Crippen LogP contribution < -0.4 is 0 Å². The summed E-state index contributed by atoms with van der Waals surface area (Å²) in [4.78, 5) is 14.3. The molecule has 0 saturated heterocycles. The van der Waals surface area contributed by atoms with Gasteiger partial charge in [-0.05, 0) is 12.5 Å². The highest BCUT2D eigenvalue weighted by atomic mass is 35.5. The Morgan fingerprint density at radius 2 is 2.24 bits per heavy atom. The number of aromatic nitrogens is 1. The first-order valence-corrected chi connectivity index (χ1v) is 5.11. The number of hydrogen-bond acceptors (Lipinski definition) is 3. The lowest BCUT2D eigenvalue weighted by molar-refractivity contribution is -0.142. The van der Waals surface area contributed by atoms with Gasteiger partial charge in [-0.3, -0.25) is 4.79 Å². The fraction of sp³-hybridized carbons (Fsp3) is 0.400. The molecule has 0 amide bonds. The third kappa shape index (κ3) is 3.33. The SMILES string of the molecule is CCOC(=O)Cc1c(C(F)F)cnc(F)c1Cl. The summed E-state index contributed by atoms with van der Waals surface area (Å²) in [5, 5.41) is -0.573. The van der Waals surface area contributed by atoms with Gasteiger partial charge in [-0.25, -0.2) is 13.8 Å². The number of rotatable bonds is 4. The Hall–Kier alpha value is -1.30. The summed E-state index contributed by atoms with van der Waals surface area (Å²) < 4.78 is 42.8. The van der Waals surface area contributed by atoms with Crippen LogP contribution in [0.3, 0.4) is 0 Å². The van der Waals surface area contributed by atoms with Gasteiger partial charge in [0.05, 0.1) is 18.1 Å². The normalized spacial score (nSPS) is 10.7. The van der Waals surface area contributed by atoms with Gasteiger partial charge in [0.15, 0.2) is 0 Å². The van der Waals surface area contributed by atoms with Crippen LogP contribution in [0.2, 0.25) is 5.02 Å². The van der Waals surface area contributed by atoms with Crippen LogP contribution in [-0.4, -0.2) is 17.6 Å². The summed E-state index contributed by atoms with van der Waals surface area (Å²) in [7, 11) is 0. The molecule has 1 rings (SSSR count). The molecule has 17 heavy (non-hydrogen) atoms. The van der Waals surface area contributed by atoms with Crippen molar-refractivity contribution < 1.29 is 22.7 Å². The lowest BCUT2D eigenvalue weighted by Gasteiger charge is -2.10. The van der Waals surface area contributed by atoms with Gasteiger partial charge in [0, 0.05) is 11.8 Å². The molecule has 0 aliphatic rings. The van der Waals surface area contributed by atoms with E-state index in [1.165, 1.54) is 0 Å². The fourth-order valence-corrected chi connectivity index (χ4v) is 1.46. The number of halogens is 4.